The molecule has 1 aromatic rings. The number of halogens is 1. The van der Waals surface area contributed by atoms with Gasteiger partial charge in [0, 0.05) is 6.07 Å². The van der Waals surface area contributed by atoms with Gasteiger partial charge in [0.2, 0.25) is 5.91 Å². The van der Waals surface area contributed by atoms with E-state index < -0.39 is 11.7 Å². The van der Waals surface area contributed by atoms with Gasteiger partial charge in [0.1, 0.15) is 5.75 Å². The summed E-state index contributed by atoms with van der Waals surface area (Å²) in [4.78, 5) is 11.1. The Morgan fingerprint density at radius 2 is 2.23 bits per heavy atom. The van der Waals surface area contributed by atoms with Gasteiger partial charge < -0.3 is 10.4 Å². The lowest BCUT2D eigenvalue weighted by Crippen LogP contribution is -2.08. The molecular weight excluding hydrogens is 173 g/mol. The van der Waals surface area contributed by atoms with E-state index in [4.69, 9.17) is 5.11 Å². The van der Waals surface area contributed by atoms with E-state index in [-0.39, 0.29) is 17.3 Å². The molecule has 0 saturated carbocycles. The smallest absolute Gasteiger partial charge is 0.231 e. The zero-order valence-corrected chi connectivity index (χ0v) is 6.97. The maximum atomic E-state index is 13.1. The second-order valence-corrected chi connectivity index (χ2v) is 3.10. The highest BCUT2D eigenvalue weighted by Crippen LogP contribution is 2.36. The lowest BCUT2D eigenvalue weighted by molar-refractivity contribution is -0.116. The van der Waals surface area contributed by atoms with Gasteiger partial charge in [0.15, 0.2) is 5.82 Å². The maximum Gasteiger partial charge on any atom is 0.231 e. The topological polar surface area (TPSA) is 49.3 Å². The van der Waals surface area contributed by atoms with Gasteiger partial charge in [-0.1, -0.05) is 0 Å². The Morgan fingerprint density at radius 3 is 2.92 bits per heavy atom. The predicted molar refractivity (Wildman–Crippen MR) is 45.1 cm³/mol. The summed E-state index contributed by atoms with van der Waals surface area (Å²) in [6, 6.07) is 2.39. The largest absolute Gasteiger partial charge is 0.508 e. The number of amides is 1. The highest BCUT2D eigenvalue weighted by atomic mass is 19.1. The molecular formula is C9H8FNO2. The molecule has 0 fully saturated rings. The van der Waals surface area contributed by atoms with E-state index in [1.807, 2.05) is 0 Å². The third-order valence-electron chi connectivity index (χ3n) is 2.21. The average Bonchev–Trinajstić information content (AvgIpc) is 2.32. The third-order valence-corrected chi connectivity index (χ3v) is 2.21. The van der Waals surface area contributed by atoms with Crippen molar-refractivity contribution in [2.75, 3.05) is 5.32 Å². The van der Waals surface area contributed by atoms with Crippen molar-refractivity contribution in [1.29, 1.82) is 0 Å². The van der Waals surface area contributed by atoms with E-state index in [0.29, 0.717) is 5.56 Å². The van der Waals surface area contributed by atoms with Crippen LogP contribution in [0.5, 0.6) is 5.75 Å². The fraction of sp³-hybridized carbons (Fsp3) is 0.222. The minimum atomic E-state index is -0.590. The highest BCUT2D eigenvalue weighted by Gasteiger charge is 2.29. The summed E-state index contributed by atoms with van der Waals surface area (Å²) in [6.07, 6.45) is 0. The Balaban J connectivity index is 2.63. The van der Waals surface area contributed by atoms with Crippen LogP contribution in [0.25, 0.3) is 0 Å². The van der Waals surface area contributed by atoms with Crippen molar-refractivity contribution in [3.63, 3.8) is 0 Å². The van der Waals surface area contributed by atoms with Crippen molar-refractivity contribution in [2.24, 2.45) is 0 Å². The minimum Gasteiger partial charge on any atom is -0.508 e. The van der Waals surface area contributed by atoms with Gasteiger partial charge in [-0.2, -0.15) is 0 Å². The summed E-state index contributed by atoms with van der Waals surface area (Å²) in [5.74, 6) is -1.37. The first kappa shape index (κ1) is 8.04. The molecule has 1 aliphatic heterocycles. The van der Waals surface area contributed by atoms with E-state index in [0.717, 1.165) is 6.07 Å². The third kappa shape index (κ3) is 1.06. The molecule has 68 valence electrons. The molecule has 2 N–H and O–H groups in total. The fourth-order valence-electron chi connectivity index (χ4n) is 1.46. The van der Waals surface area contributed by atoms with Crippen LogP contribution >= 0.6 is 0 Å². The van der Waals surface area contributed by atoms with Gasteiger partial charge >= 0.3 is 0 Å². The minimum absolute atomic E-state index is 0.153. The summed E-state index contributed by atoms with van der Waals surface area (Å²) in [6.45, 7) is 1.67. The van der Waals surface area contributed by atoms with Crippen LogP contribution in [0.3, 0.4) is 0 Å². The second kappa shape index (κ2) is 2.45. The van der Waals surface area contributed by atoms with E-state index in [2.05, 4.69) is 5.32 Å². The molecule has 0 aliphatic carbocycles. The average molecular weight is 181 g/mol. The van der Waals surface area contributed by atoms with Crippen LogP contribution in [-0.4, -0.2) is 11.0 Å². The lowest BCUT2D eigenvalue weighted by atomic mass is 10.0. The molecule has 0 radical (unpaired) electrons. The van der Waals surface area contributed by atoms with Crippen LogP contribution in [0.15, 0.2) is 12.1 Å². The first-order valence-corrected chi connectivity index (χ1v) is 3.93. The summed E-state index contributed by atoms with van der Waals surface area (Å²) in [7, 11) is 0. The van der Waals surface area contributed by atoms with Crippen molar-refractivity contribution in [2.45, 2.75) is 12.8 Å². The van der Waals surface area contributed by atoms with Gasteiger partial charge in [-0.3, -0.25) is 4.79 Å². The number of anilines is 1. The standard InChI is InChI=1S/C9H8FNO2/c1-4-6-2-5(12)3-7(10)8(6)11-9(4)13/h2-4,12H,1H3,(H,11,13). The van der Waals surface area contributed by atoms with E-state index in [9.17, 15) is 9.18 Å². The van der Waals surface area contributed by atoms with E-state index >= 15 is 0 Å². The van der Waals surface area contributed by atoms with Crippen LogP contribution in [0.2, 0.25) is 0 Å². The van der Waals surface area contributed by atoms with Crippen LogP contribution in [0, 0.1) is 5.82 Å². The number of hydrogen-bond acceptors (Lipinski definition) is 2. The highest BCUT2D eigenvalue weighted by molar-refractivity contribution is 6.02. The van der Waals surface area contributed by atoms with Gasteiger partial charge in [0.25, 0.3) is 0 Å². The molecule has 3 nitrogen and oxygen atoms in total. The Hall–Kier alpha value is -1.58. The number of aromatic hydroxyl groups is 1. The zero-order chi connectivity index (χ0) is 9.59. The summed E-state index contributed by atoms with van der Waals surface area (Å²) in [5, 5.41) is 11.5. The molecule has 1 unspecified atom stereocenters. The number of carbonyl (C=O) groups is 1. The molecule has 4 heteroatoms. The predicted octanol–water partition coefficient (Wildman–Crippen LogP) is 1.59. The van der Waals surface area contributed by atoms with Gasteiger partial charge in [0.05, 0.1) is 11.6 Å². The van der Waals surface area contributed by atoms with Crippen molar-refractivity contribution in [3.8, 4) is 5.75 Å². The molecule has 0 bridgehead atoms. The van der Waals surface area contributed by atoms with Gasteiger partial charge in [-0.15, -0.1) is 0 Å². The van der Waals surface area contributed by atoms with Crippen LogP contribution in [-0.2, 0) is 4.79 Å². The van der Waals surface area contributed by atoms with Gasteiger partial charge in [-0.25, -0.2) is 4.39 Å². The molecule has 0 aromatic heterocycles. The van der Waals surface area contributed by atoms with Crippen LogP contribution in [0.4, 0.5) is 10.1 Å². The monoisotopic (exact) mass is 181 g/mol. The Bertz CT molecular complexity index is 389. The molecule has 1 amide bonds. The Kier molecular flexibility index (Phi) is 1.52. The molecule has 2 rings (SSSR count). The molecule has 1 heterocycles. The lowest BCUT2D eigenvalue weighted by Gasteiger charge is -2.02. The maximum absolute atomic E-state index is 13.1. The number of benzene rings is 1. The van der Waals surface area contributed by atoms with Crippen molar-refractivity contribution in [3.05, 3.63) is 23.5 Å². The number of carbonyl (C=O) groups excluding carboxylic acids is 1. The molecule has 0 saturated heterocycles. The SMILES string of the molecule is CC1C(=O)Nc2c(F)cc(O)cc21. The van der Waals surface area contributed by atoms with E-state index in [1.54, 1.807) is 6.92 Å². The van der Waals surface area contributed by atoms with Crippen molar-refractivity contribution in [1.82, 2.24) is 0 Å². The normalized spacial score (nSPS) is 19.8. The molecule has 1 atom stereocenters. The van der Waals surface area contributed by atoms with Crippen molar-refractivity contribution < 1.29 is 14.3 Å². The quantitative estimate of drug-likeness (QED) is 0.597. The van der Waals surface area contributed by atoms with Crippen LogP contribution in [0.1, 0.15) is 18.4 Å². The van der Waals surface area contributed by atoms with E-state index in [1.165, 1.54) is 6.07 Å². The summed E-state index contributed by atoms with van der Waals surface area (Å²) in [5.41, 5.74) is 0.706. The molecule has 1 aliphatic rings. The number of rotatable bonds is 0. The second-order valence-electron chi connectivity index (χ2n) is 3.10. The number of hydrogen-bond donors (Lipinski definition) is 2. The number of phenolic OH excluding ortho intramolecular Hbond substituents is 1. The summed E-state index contributed by atoms with van der Waals surface area (Å²) >= 11 is 0. The van der Waals surface area contributed by atoms with Gasteiger partial charge in [-0.05, 0) is 18.6 Å². The number of fused-ring (bicyclic) bond motifs is 1. The Morgan fingerprint density at radius 1 is 1.54 bits per heavy atom. The summed E-state index contributed by atoms with van der Waals surface area (Å²) < 4.78 is 13.1. The fourth-order valence-corrected chi connectivity index (χ4v) is 1.46. The zero-order valence-electron chi connectivity index (χ0n) is 6.97. The van der Waals surface area contributed by atoms with Crippen LogP contribution < -0.4 is 5.32 Å². The Labute approximate surface area is 74.2 Å². The first-order chi connectivity index (χ1) is 6.09. The molecule has 0 spiro atoms. The molecule has 13 heavy (non-hydrogen) atoms. The molecule has 1 aromatic carbocycles. The number of phenols is 1. The number of nitrogens with one attached hydrogen (secondary N) is 1. The first-order valence-electron chi connectivity index (χ1n) is 3.93. The van der Waals surface area contributed by atoms with Crippen molar-refractivity contribution >= 4 is 11.6 Å².